The molecule has 0 spiro atoms. The molecule has 1 aromatic heterocycles. The van der Waals surface area contributed by atoms with Crippen molar-refractivity contribution in [3.8, 4) is 0 Å². The number of nitrogens with one attached hydrogen (secondary N) is 2. The Morgan fingerprint density at radius 3 is 2.70 bits per heavy atom. The van der Waals surface area contributed by atoms with Crippen molar-refractivity contribution in [3.05, 3.63) is 12.2 Å². The van der Waals surface area contributed by atoms with Crippen LogP contribution in [0.3, 0.4) is 0 Å². The summed E-state index contributed by atoms with van der Waals surface area (Å²) >= 11 is 0. The Bertz CT molecular complexity index is 460. The van der Waals surface area contributed by atoms with Crippen molar-refractivity contribution >= 4 is 6.09 Å². The van der Waals surface area contributed by atoms with E-state index in [0.29, 0.717) is 12.6 Å². The number of carbonyl (C=O) groups excluding carboxylic acids is 1. The Labute approximate surface area is 119 Å². The lowest BCUT2D eigenvalue weighted by molar-refractivity contribution is 0.0465. The highest BCUT2D eigenvalue weighted by atomic mass is 16.6. The number of hydrogen-bond donors (Lipinski definition) is 2. The van der Waals surface area contributed by atoms with Crippen LogP contribution in [0.15, 0.2) is 6.33 Å². The van der Waals surface area contributed by atoms with E-state index >= 15 is 0 Å². The molecule has 2 rings (SSSR count). The monoisotopic (exact) mass is 281 g/mol. The van der Waals surface area contributed by atoms with Crippen LogP contribution in [0.1, 0.15) is 39.4 Å². The fraction of sp³-hybridized carbons (Fsp3) is 0.769. The summed E-state index contributed by atoms with van der Waals surface area (Å²) in [6, 6.07) is 0.595. The van der Waals surface area contributed by atoms with Gasteiger partial charge < -0.3 is 15.4 Å². The van der Waals surface area contributed by atoms with Crippen LogP contribution in [-0.2, 0) is 18.3 Å². The highest BCUT2D eigenvalue weighted by molar-refractivity contribution is 5.68. The molecule has 0 saturated heterocycles. The predicted molar refractivity (Wildman–Crippen MR) is 74.0 cm³/mol. The Balaban J connectivity index is 1.61. The minimum atomic E-state index is -0.448. The second-order valence-electron chi connectivity index (χ2n) is 6.23. The van der Waals surface area contributed by atoms with E-state index in [4.69, 9.17) is 4.74 Å². The van der Waals surface area contributed by atoms with Crippen molar-refractivity contribution in [1.29, 1.82) is 0 Å². The SMILES string of the molecule is Cn1cnc(CNC2CC(NC(=O)OC(C)(C)C)C2)n1. The second kappa shape index (κ2) is 5.78. The summed E-state index contributed by atoms with van der Waals surface area (Å²) < 4.78 is 6.90. The largest absolute Gasteiger partial charge is 0.444 e. The van der Waals surface area contributed by atoms with E-state index in [-0.39, 0.29) is 12.1 Å². The van der Waals surface area contributed by atoms with Crippen LogP contribution in [0.4, 0.5) is 4.79 Å². The molecule has 1 aliphatic carbocycles. The lowest BCUT2D eigenvalue weighted by atomic mass is 9.87. The van der Waals surface area contributed by atoms with Gasteiger partial charge in [-0.15, -0.1) is 0 Å². The first kappa shape index (κ1) is 14.8. The van der Waals surface area contributed by atoms with Gasteiger partial charge in [0.05, 0.1) is 6.54 Å². The summed E-state index contributed by atoms with van der Waals surface area (Å²) in [6.07, 6.45) is 3.16. The van der Waals surface area contributed by atoms with Crippen molar-refractivity contribution in [1.82, 2.24) is 25.4 Å². The van der Waals surface area contributed by atoms with Gasteiger partial charge in [-0.2, -0.15) is 5.10 Å². The molecule has 1 fully saturated rings. The molecule has 0 aliphatic heterocycles. The summed E-state index contributed by atoms with van der Waals surface area (Å²) in [5, 5.41) is 10.4. The third-order valence-corrected chi connectivity index (χ3v) is 3.05. The van der Waals surface area contributed by atoms with Gasteiger partial charge in [-0.25, -0.2) is 9.78 Å². The zero-order valence-corrected chi connectivity index (χ0v) is 12.5. The molecule has 112 valence electrons. The van der Waals surface area contributed by atoms with Gasteiger partial charge in [0, 0.05) is 19.1 Å². The number of aromatic nitrogens is 3. The maximum atomic E-state index is 11.6. The summed E-state index contributed by atoms with van der Waals surface area (Å²) in [5.41, 5.74) is -0.448. The van der Waals surface area contributed by atoms with Crippen molar-refractivity contribution in [3.63, 3.8) is 0 Å². The van der Waals surface area contributed by atoms with Crippen LogP contribution < -0.4 is 10.6 Å². The van der Waals surface area contributed by atoms with Gasteiger partial charge in [-0.3, -0.25) is 4.68 Å². The third kappa shape index (κ3) is 4.48. The molecular weight excluding hydrogens is 258 g/mol. The smallest absolute Gasteiger partial charge is 0.407 e. The number of ether oxygens (including phenoxy) is 1. The maximum absolute atomic E-state index is 11.6. The van der Waals surface area contributed by atoms with Crippen LogP contribution in [0, 0.1) is 0 Å². The highest BCUT2D eigenvalue weighted by Crippen LogP contribution is 2.20. The zero-order chi connectivity index (χ0) is 14.8. The molecule has 1 amide bonds. The Morgan fingerprint density at radius 2 is 2.15 bits per heavy atom. The van der Waals surface area contributed by atoms with Gasteiger partial charge in [0.25, 0.3) is 0 Å². The minimum absolute atomic E-state index is 0.194. The molecular formula is C13H23N5O2. The molecule has 1 saturated carbocycles. The number of alkyl carbamates (subject to hydrolysis) is 1. The maximum Gasteiger partial charge on any atom is 0.407 e. The van der Waals surface area contributed by atoms with Crippen LogP contribution in [0.5, 0.6) is 0 Å². The molecule has 0 unspecified atom stereocenters. The highest BCUT2D eigenvalue weighted by Gasteiger charge is 2.31. The Hall–Kier alpha value is -1.63. The topological polar surface area (TPSA) is 81.1 Å². The summed E-state index contributed by atoms with van der Waals surface area (Å²) in [4.78, 5) is 15.7. The summed E-state index contributed by atoms with van der Waals surface area (Å²) in [6.45, 7) is 6.23. The molecule has 0 atom stereocenters. The predicted octanol–water partition coefficient (Wildman–Crippen LogP) is 0.960. The standard InChI is InChI=1S/C13H23N5O2/c1-13(2,3)20-12(19)16-10-5-9(6-10)14-7-11-15-8-18(4)17-11/h8-10,14H,5-7H2,1-4H3,(H,16,19). The fourth-order valence-electron chi connectivity index (χ4n) is 2.08. The van der Waals surface area contributed by atoms with Gasteiger partial charge in [-0.05, 0) is 33.6 Å². The molecule has 1 aliphatic rings. The van der Waals surface area contributed by atoms with Crippen LogP contribution in [-0.4, -0.2) is 38.5 Å². The first-order valence-electron chi connectivity index (χ1n) is 6.89. The number of hydrogen-bond acceptors (Lipinski definition) is 5. The van der Waals surface area contributed by atoms with E-state index in [9.17, 15) is 4.79 Å². The molecule has 7 heteroatoms. The van der Waals surface area contributed by atoms with Gasteiger partial charge in [0.2, 0.25) is 0 Å². The normalized spacial score (nSPS) is 22.2. The van der Waals surface area contributed by atoms with Gasteiger partial charge in [0.15, 0.2) is 5.82 Å². The molecule has 0 radical (unpaired) electrons. The number of amides is 1. The average Bonchev–Trinajstić information content (AvgIpc) is 2.64. The molecule has 7 nitrogen and oxygen atoms in total. The summed E-state index contributed by atoms with van der Waals surface area (Å²) in [7, 11) is 1.85. The number of nitrogens with zero attached hydrogens (tertiary/aromatic N) is 3. The first-order chi connectivity index (χ1) is 9.32. The molecule has 2 N–H and O–H groups in total. The van der Waals surface area contributed by atoms with E-state index in [2.05, 4.69) is 20.7 Å². The van der Waals surface area contributed by atoms with Crippen molar-refractivity contribution in [2.45, 2.75) is 57.8 Å². The lowest BCUT2D eigenvalue weighted by Gasteiger charge is -2.36. The first-order valence-corrected chi connectivity index (χ1v) is 6.89. The van der Waals surface area contributed by atoms with Gasteiger partial charge >= 0.3 is 6.09 Å². The Morgan fingerprint density at radius 1 is 1.45 bits per heavy atom. The van der Waals surface area contributed by atoms with Crippen molar-refractivity contribution in [2.24, 2.45) is 7.05 Å². The fourth-order valence-corrected chi connectivity index (χ4v) is 2.08. The number of rotatable bonds is 4. The average molecular weight is 281 g/mol. The van der Waals surface area contributed by atoms with Crippen molar-refractivity contribution < 1.29 is 9.53 Å². The summed E-state index contributed by atoms with van der Waals surface area (Å²) in [5.74, 6) is 0.788. The molecule has 1 aromatic rings. The van der Waals surface area contributed by atoms with Gasteiger partial charge in [-0.1, -0.05) is 0 Å². The zero-order valence-electron chi connectivity index (χ0n) is 12.5. The van der Waals surface area contributed by atoms with E-state index < -0.39 is 5.60 Å². The molecule has 0 aromatic carbocycles. The van der Waals surface area contributed by atoms with E-state index in [1.807, 2.05) is 27.8 Å². The van der Waals surface area contributed by atoms with E-state index in [1.54, 1.807) is 11.0 Å². The second-order valence-corrected chi connectivity index (χ2v) is 6.23. The Kier molecular flexibility index (Phi) is 4.27. The molecule has 0 bridgehead atoms. The van der Waals surface area contributed by atoms with E-state index in [1.165, 1.54) is 0 Å². The lowest BCUT2D eigenvalue weighted by Crippen LogP contribution is -2.53. The molecule has 1 heterocycles. The van der Waals surface area contributed by atoms with E-state index in [0.717, 1.165) is 18.7 Å². The van der Waals surface area contributed by atoms with Crippen LogP contribution in [0.2, 0.25) is 0 Å². The van der Waals surface area contributed by atoms with Crippen molar-refractivity contribution in [2.75, 3.05) is 0 Å². The third-order valence-electron chi connectivity index (χ3n) is 3.05. The molecule has 20 heavy (non-hydrogen) atoms. The quantitative estimate of drug-likeness (QED) is 0.859. The number of carbonyl (C=O) groups is 1. The van der Waals surface area contributed by atoms with Gasteiger partial charge in [0.1, 0.15) is 11.9 Å². The van der Waals surface area contributed by atoms with Crippen LogP contribution >= 0.6 is 0 Å². The number of aryl methyl sites for hydroxylation is 1. The van der Waals surface area contributed by atoms with Crippen LogP contribution in [0.25, 0.3) is 0 Å². The minimum Gasteiger partial charge on any atom is -0.444 e.